The van der Waals surface area contributed by atoms with Gasteiger partial charge in [0.25, 0.3) is 0 Å². The molecule has 0 aromatic rings. The van der Waals surface area contributed by atoms with E-state index in [9.17, 15) is 4.79 Å². The Hall–Kier alpha value is -1.26. The molecule has 64 valence electrons. The molecule has 0 saturated carbocycles. The van der Waals surface area contributed by atoms with E-state index >= 15 is 0 Å². The molecule has 1 atom stereocenters. The fourth-order valence-corrected chi connectivity index (χ4v) is 0.700. The Balaban J connectivity index is 4.06. The number of amides is 1. The quantitative estimate of drug-likeness (QED) is 0.227. The van der Waals surface area contributed by atoms with Crippen molar-refractivity contribution in [2.45, 2.75) is 26.3 Å². The van der Waals surface area contributed by atoms with Crippen molar-refractivity contribution >= 4 is 11.7 Å². The van der Waals surface area contributed by atoms with Gasteiger partial charge in [0.05, 0.1) is 6.04 Å². The number of amidine groups is 1. The number of nitrogens with two attached hydrogens (primary N) is 1. The van der Waals surface area contributed by atoms with Gasteiger partial charge in [0.15, 0.2) is 5.84 Å². The fourth-order valence-electron chi connectivity index (χ4n) is 0.700. The van der Waals surface area contributed by atoms with Crippen molar-refractivity contribution in [1.29, 1.82) is 0 Å². The average molecular weight is 159 g/mol. The third-order valence-corrected chi connectivity index (χ3v) is 1.26. The van der Waals surface area contributed by atoms with Crippen LogP contribution in [0.1, 0.15) is 20.3 Å². The number of nitrogens with one attached hydrogen (secondary N) is 1. The fraction of sp³-hybridized carbons (Fsp3) is 0.667. The zero-order valence-electron chi connectivity index (χ0n) is 6.66. The van der Waals surface area contributed by atoms with Crippen LogP contribution in [0.25, 0.3) is 0 Å². The Morgan fingerprint density at radius 2 is 2.36 bits per heavy atom. The van der Waals surface area contributed by atoms with Gasteiger partial charge < -0.3 is 16.3 Å². The maximum Gasteiger partial charge on any atom is 0.217 e. The summed E-state index contributed by atoms with van der Waals surface area (Å²) in [6, 6.07) is -0.363. The first-order valence-corrected chi connectivity index (χ1v) is 3.36. The Kier molecular flexibility index (Phi) is 4.02. The van der Waals surface area contributed by atoms with Gasteiger partial charge in [-0.25, -0.2) is 0 Å². The second-order valence-electron chi connectivity index (χ2n) is 2.19. The summed E-state index contributed by atoms with van der Waals surface area (Å²) in [6.07, 6.45) is 0.607. The zero-order valence-corrected chi connectivity index (χ0v) is 6.66. The highest BCUT2D eigenvalue weighted by atomic mass is 16.4. The highest BCUT2D eigenvalue weighted by Gasteiger charge is 2.11. The van der Waals surface area contributed by atoms with Gasteiger partial charge in [0.1, 0.15) is 0 Å². The van der Waals surface area contributed by atoms with E-state index in [4.69, 9.17) is 10.9 Å². The van der Waals surface area contributed by atoms with Crippen molar-refractivity contribution < 1.29 is 10.0 Å². The number of hydrogen-bond donors (Lipinski definition) is 3. The highest BCUT2D eigenvalue weighted by molar-refractivity contribution is 5.89. The van der Waals surface area contributed by atoms with E-state index in [2.05, 4.69) is 10.5 Å². The normalized spacial score (nSPS) is 14.2. The predicted molar refractivity (Wildman–Crippen MR) is 41.3 cm³/mol. The molecule has 0 aromatic heterocycles. The molecule has 0 saturated heterocycles. The lowest BCUT2D eigenvalue weighted by Gasteiger charge is -2.12. The number of rotatable bonds is 3. The van der Waals surface area contributed by atoms with E-state index in [-0.39, 0.29) is 17.8 Å². The van der Waals surface area contributed by atoms with Crippen LogP contribution in [-0.4, -0.2) is 23.0 Å². The third-order valence-electron chi connectivity index (χ3n) is 1.26. The van der Waals surface area contributed by atoms with Crippen molar-refractivity contribution in [1.82, 2.24) is 5.32 Å². The Morgan fingerprint density at radius 3 is 2.64 bits per heavy atom. The number of nitrogens with zero attached hydrogens (tertiary/aromatic N) is 1. The second-order valence-corrected chi connectivity index (χ2v) is 2.19. The van der Waals surface area contributed by atoms with Crippen LogP contribution in [0.15, 0.2) is 5.16 Å². The Bertz CT molecular complexity index is 167. The largest absolute Gasteiger partial charge is 0.409 e. The summed E-state index contributed by atoms with van der Waals surface area (Å²) in [4.78, 5) is 10.5. The maximum atomic E-state index is 10.5. The lowest BCUT2D eigenvalue weighted by atomic mass is 10.2. The number of oxime groups is 1. The molecule has 0 aliphatic heterocycles. The summed E-state index contributed by atoms with van der Waals surface area (Å²) in [6.45, 7) is 3.21. The summed E-state index contributed by atoms with van der Waals surface area (Å²) < 4.78 is 0. The maximum absolute atomic E-state index is 10.5. The molecular weight excluding hydrogens is 146 g/mol. The van der Waals surface area contributed by atoms with Crippen molar-refractivity contribution in [3.05, 3.63) is 0 Å². The molecular formula is C6H13N3O2. The van der Waals surface area contributed by atoms with Crippen molar-refractivity contribution in [2.24, 2.45) is 10.9 Å². The van der Waals surface area contributed by atoms with Crippen molar-refractivity contribution in [3.8, 4) is 0 Å². The molecule has 5 nitrogen and oxygen atoms in total. The van der Waals surface area contributed by atoms with Gasteiger partial charge >= 0.3 is 0 Å². The molecule has 0 spiro atoms. The van der Waals surface area contributed by atoms with Crippen molar-refractivity contribution in [2.75, 3.05) is 0 Å². The van der Waals surface area contributed by atoms with E-state index < -0.39 is 0 Å². The summed E-state index contributed by atoms with van der Waals surface area (Å²) in [5.41, 5.74) is 5.26. The number of carbonyl (C=O) groups excluding carboxylic acids is 1. The van der Waals surface area contributed by atoms with Gasteiger partial charge in [-0.05, 0) is 6.42 Å². The first-order chi connectivity index (χ1) is 5.11. The van der Waals surface area contributed by atoms with Gasteiger partial charge in [0.2, 0.25) is 5.91 Å². The van der Waals surface area contributed by atoms with Crippen LogP contribution in [0, 0.1) is 0 Å². The molecule has 1 amide bonds. The monoisotopic (exact) mass is 159 g/mol. The van der Waals surface area contributed by atoms with Gasteiger partial charge in [-0.2, -0.15) is 0 Å². The van der Waals surface area contributed by atoms with E-state index in [1.54, 1.807) is 0 Å². The van der Waals surface area contributed by atoms with Crippen LogP contribution in [0.5, 0.6) is 0 Å². The molecule has 0 bridgehead atoms. The molecule has 0 rings (SSSR count). The van der Waals surface area contributed by atoms with Gasteiger partial charge in [0, 0.05) is 6.92 Å². The zero-order chi connectivity index (χ0) is 8.85. The topological polar surface area (TPSA) is 87.7 Å². The average Bonchev–Trinajstić information content (AvgIpc) is 1.98. The molecule has 0 aliphatic rings. The smallest absolute Gasteiger partial charge is 0.217 e. The molecule has 0 heterocycles. The standard InChI is InChI=1S/C6H13N3O2/c1-3-5(6(7)9-11)8-4(2)10/h5,11H,3H2,1-2H3,(H2,7,9)(H,8,10). The van der Waals surface area contributed by atoms with Gasteiger partial charge in [-0.3, -0.25) is 4.79 Å². The van der Waals surface area contributed by atoms with Crippen LogP contribution >= 0.6 is 0 Å². The second kappa shape index (κ2) is 4.54. The Labute approximate surface area is 65.3 Å². The summed E-state index contributed by atoms with van der Waals surface area (Å²) in [5, 5.41) is 13.6. The number of hydrogen-bond acceptors (Lipinski definition) is 3. The van der Waals surface area contributed by atoms with Gasteiger partial charge in [-0.15, -0.1) is 0 Å². The van der Waals surface area contributed by atoms with Gasteiger partial charge in [-0.1, -0.05) is 12.1 Å². The van der Waals surface area contributed by atoms with E-state index in [0.717, 1.165) is 0 Å². The minimum Gasteiger partial charge on any atom is -0.409 e. The van der Waals surface area contributed by atoms with Crippen LogP contribution in [-0.2, 0) is 4.79 Å². The summed E-state index contributed by atoms with van der Waals surface area (Å²) in [7, 11) is 0. The molecule has 0 fully saturated rings. The van der Waals surface area contributed by atoms with E-state index in [1.807, 2.05) is 6.92 Å². The third kappa shape index (κ3) is 3.44. The molecule has 0 aliphatic carbocycles. The molecule has 5 heteroatoms. The summed E-state index contributed by atoms with van der Waals surface area (Å²) in [5.74, 6) is -0.161. The highest BCUT2D eigenvalue weighted by Crippen LogP contribution is 1.89. The predicted octanol–water partition coefficient (Wildman–Crippen LogP) is -0.352. The molecule has 0 aromatic carbocycles. The molecule has 4 N–H and O–H groups in total. The van der Waals surface area contributed by atoms with E-state index in [1.165, 1.54) is 6.92 Å². The summed E-state index contributed by atoms with van der Waals surface area (Å²) >= 11 is 0. The first-order valence-electron chi connectivity index (χ1n) is 3.36. The van der Waals surface area contributed by atoms with Crippen LogP contribution in [0.3, 0.4) is 0 Å². The minimum absolute atomic E-state index is 0.0303. The van der Waals surface area contributed by atoms with E-state index in [0.29, 0.717) is 6.42 Å². The van der Waals surface area contributed by atoms with Crippen molar-refractivity contribution in [3.63, 3.8) is 0 Å². The minimum atomic E-state index is -0.363. The lowest BCUT2D eigenvalue weighted by molar-refractivity contribution is -0.119. The first kappa shape index (κ1) is 9.74. The molecule has 1 unspecified atom stereocenters. The van der Waals surface area contributed by atoms with Crippen LogP contribution < -0.4 is 11.1 Å². The van der Waals surface area contributed by atoms with Crippen LogP contribution in [0.2, 0.25) is 0 Å². The Morgan fingerprint density at radius 1 is 1.82 bits per heavy atom. The lowest BCUT2D eigenvalue weighted by Crippen LogP contribution is -2.43. The van der Waals surface area contributed by atoms with Crippen LogP contribution in [0.4, 0.5) is 0 Å². The molecule has 11 heavy (non-hydrogen) atoms. The SMILES string of the molecule is CCC(NC(C)=O)/C(N)=N/O. The molecule has 0 radical (unpaired) electrons. The number of carbonyl (C=O) groups is 1.